The van der Waals surface area contributed by atoms with Gasteiger partial charge >= 0.3 is 0 Å². The maximum atomic E-state index is 12.9. The van der Waals surface area contributed by atoms with E-state index < -0.39 is 5.54 Å². The summed E-state index contributed by atoms with van der Waals surface area (Å²) in [5.74, 6) is -0.130. The number of aryl methyl sites for hydroxylation is 2. The number of anilines is 1. The molecule has 156 valence electrons. The van der Waals surface area contributed by atoms with E-state index in [-0.39, 0.29) is 18.4 Å². The number of hydrogen-bond acceptors (Lipinski definition) is 4. The second-order valence-corrected chi connectivity index (χ2v) is 8.04. The van der Waals surface area contributed by atoms with Crippen LogP contribution in [0.1, 0.15) is 43.6 Å². The molecule has 0 spiro atoms. The lowest BCUT2D eigenvalue weighted by Gasteiger charge is -2.43. The predicted octanol–water partition coefficient (Wildman–Crippen LogP) is 2.73. The first kappa shape index (κ1) is 21.0. The minimum absolute atomic E-state index is 0.00190. The molecule has 1 aromatic heterocycles. The van der Waals surface area contributed by atoms with Crippen molar-refractivity contribution in [2.45, 2.75) is 53.0 Å². The zero-order valence-corrected chi connectivity index (χ0v) is 18.0. The number of piperazine rings is 1. The zero-order valence-electron chi connectivity index (χ0n) is 18.0. The molecule has 7 nitrogen and oxygen atoms in total. The van der Waals surface area contributed by atoms with Crippen LogP contribution in [-0.4, -0.2) is 51.7 Å². The fourth-order valence-corrected chi connectivity index (χ4v) is 4.01. The molecule has 2 aromatic rings. The summed E-state index contributed by atoms with van der Waals surface area (Å²) in [4.78, 5) is 27.3. The topological polar surface area (TPSA) is 79.3 Å². The van der Waals surface area contributed by atoms with Gasteiger partial charge in [-0.2, -0.15) is 5.10 Å². The first-order valence-electron chi connectivity index (χ1n) is 10.2. The summed E-state index contributed by atoms with van der Waals surface area (Å²) in [6.45, 7) is 11.3. The number of aromatic nitrogens is 2. The van der Waals surface area contributed by atoms with Crippen molar-refractivity contribution in [2.75, 3.05) is 25.0 Å². The molecule has 2 heterocycles. The van der Waals surface area contributed by atoms with Crippen molar-refractivity contribution in [3.63, 3.8) is 0 Å². The van der Waals surface area contributed by atoms with Crippen molar-refractivity contribution >= 4 is 17.5 Å². The highest BCUT2D eigenvalue weighted by Gasteiger charge is 2.41. The van der Waals surface area contributed by atoms with Crippen LogP contribution >= 0.6 is 0 Å². The molecule has 7 heteroatoms. The quantitative estimate of drug-likeness (QED) is 0.786. The molecular formula is C22H31N5O2. The molecule has 0 saturated carbocycles. The molecule has 0 radical (unpaired) electrons. The van der Waals surface area contributed by atoms with Crippen LogP contribution in [0.2, 0.25) is 0 Å². The van der Waals surface area contributed by atoms with E-state index in [9.17, 15) is 9.59 Å². The lowest BCUT2D eigenvalue weighted by molar-refractivity contribution is -0.138. The van der Waals surface area contributed by atoms with Crippen molar-refractivity contribution < 1.29 is 9.59 Å². The molecule has 3 rings (SSSR count). The Kier molecular flexibility index (Phi) is 6.07. The fourth-order valence-electron chi connectivity index (χ4n) is 4.01. The number of nitrogens with one attached hydrogen (secondary N) is 2. The van der Waals surface area contributed by atoms with Crippen LogP contribution in [-0.2, 0) is 9.59 Å². The van der Waals surface area contributed by atoms with Crippen LogP contribution in [0.15, 0.2) is 24.3 Å². The van der Waals surface area contributed by atoms with Gasteiger partial charge in [-0.25, -0.2) is 4.68 Å². The third-order valence-electron chi connectivity index (χ3n) is 5.76. The average molecular weight is 398 g/mol. The third kappa shape index (κ3) is 4.19. The molecule has 0 aliphatic carbocycles. The Morgan fingerprint density at radius 2 is 1.93 bits per heavy atom. The third-order valence-corrected chi connectivity index (χ3v) is 5.76. The van der Waals surface area contributed by atoms with E-state index in [1.54, 1.807) is 0 Å². The molecule has 1 aliphatic heterocycles. The Labute approximate surface area is 172 Å². The number of benzene rings is 1. The van der Waals surface area contributed by atoms with Gasteiger partial charge in [0.25, 0.3) is 0 Å². The second kappa shape index (κ2) is 8.37. The highest BCUT2D eigenvalue weighted by atomic mass is 16.2. The summed E-state index contributed by atoms with van der Waals surface area (Å²) in [5.41, 5.74) is 3.87. The van der Waals surface area contributed by atoms with Crippen molar-refractivity contribution in [3.05, 3.63) is 41.2 Å². The monoisotopic (exact) mass is 397 g/mol. The molecule has 1 saturated heterocycles. The average Bonchev–Trinajstić information content (AvgIpc) is 2.95. The standard InChI is InChI=1S/C22H31N5O2/c1-6-11-22(5)21(29)23-12-13-26(22)14-19(28)24-20-16(3)25-27(17(20)4)18-9-7-15(2)8-10-18/h7-10H,6,11-14H2,1-5H3,(H,23,29)(H,24,28)/t22-/m1/s1. The predicted molar refractivity (Wildman–Crippen MR) is 114 cm³/mol. The number of carbonyl (C=O) groups is 2. The molecule has 1 atom stereocenters. The Balaban J connectivity index is 1.77. The minimum Gasteiger partial charge on any atom is -0.353 e. The van der Waals surface area contributed by atoms with Gasteiger partial charge in [-0.05, 0) is 46.2 Å². The Hall–Kier alpha value is -2.67. The number of rotatable bonds is 6. The molecule has 29 heavy (non-hydrogen) atoms. The van der Waals surface area contributed by atoms with Crippen LogP contribution in [0.25, 0.3) is 5.69 Å². The molecule has 1 aromatic carbocycles. The highest BCUT2D eigenvalue weighted by Crippen LogP contribution is 2.26. The fraction of sp³-hybridized carbons (Fsp3) is 0.500. The molecular weight excluding hydrogens is 366 g/mol. The highest BCUT2D eigenvalue weighted by molar-refractivity contribution is 5.94. The van der Waals surface area contributed by atoms with E-state index in [1.165, 1.54) is 5.56 Å². The smallest absolute Gasteiger partial charge is 0.240 e. The number of carbonyl (C=O) groups excluding carboxylic acids is 2. The summed E-state index contributed by atoms with van der Waals surface area (Å²) in [7, 11) is 0. The Morgan fingerprint density at radius 1 is 1.24 bits per heavy atom. The van der Waals surface area contributed by atoms with Gasteiger partial charge in [0, 0.05) is 13.1 Å². The van der Waals surface area contributed by atoms with E-state index in [1.807, 2.05) is 61.5 Å². The zero-order chi connectivity index (χ0) is 21.2. The van der Waals surface area contributed by atoms with Crippen molar-refractivity contribution in [1.82, 2.24) is 20.0 Å². The maximum Gasteiger partial charge on any atom is 0.240 e. The minimum atomic E-state index is -0.652. The van der Waals surface area contributed by atoms with Gasteiger partial charge in [0.2, 0.25) is 11.8 Å². The van der Waals surface area contributed by atoms with Gasteiger partial charge in [-0.3, -0.25) is 14.5 Å². The first-order valence-corrected chi connectivity index (χ1v) is 10.2. The van der Waals surface area contributed by atoms with Crippen LogP contribution in [0.5, 0.6) is 0 Å². The van der Waals surface area contributed by atoms with Crippen LogP contribution < -0.4 is 10.6 Å². The molecule has 0 bridgehead atoms. The first-order chi connectivity index (χ1) is 13.8. The van der Waals surface area contributed by atoms with E-state index >= 15 is 0 Å². The Morgan fingerprint density at radius 3 is 2.59 bits per heavy atom. The summed E-state index contributed by atoms with van der Waals surface area (Å²) in [5, 5.41) is 10.6. The van der Waals surface area contributed by atoms with Gasteiger partial charge in [-0.15, -0.1) is 0 Å². The van der Waals surface area contributed by atoms with Crippen molar-refractivity contribution in [3.8, 4) is 5.69 Å². The molecule has 2 N–H and O–H groups in total. The van der Waals surface area contributed by atoms with E-state index in [0.29, 0.717) is 13.1 Å². The molecule has 1 aliphatic rings. The summed E-state index contributed by atoms with van der Waals surface area (Å²) in [6.07, 6.45) is 1.60. The maximum absolute atomic E-state index is 12.9. The lowest BCUT2D eigenvalue weighted by Crippen LogP contribution is -2.64. The van der Waals surface area contributed by atoms with Gasteiger partial charge in [0.15, 0.2) is 0 Å². The van der Waals surface area contributed by atoms with Crippen LogP contribution in [0, 0.1) is 20.8 Å². The second-order valence-electron chi connectivity index (χ2n) is 8.04. The summed E-state index contributed by atoms with van der Waals surface area (Å²) >= 11 is 0. The normalized spacial score (nSPS) is 19.8. The van der Waals surface area contributed by atoms with E-state index in [4.69, 9.17) is 0 Å². The SMILES string of the molecule is CCC[C@]1(C)C(=O)NCCN1CC(=O)Nc1c(C)nn(-c2ccc(C)cc2)c1C. The van der Waals surface area contributed by atoms with E-state index in [2.05, 4.69) is 22.7 Å². The van der Waals surface area contributed by atoms with Gasteiger partial charge in [0.05, 0.1) is 34.8 Å². The largest absolute Gasteiger partial charge is 0.353 e. The molecule has 2 amide bonds. The van der Waals surface area contributed by atoms with E-state index in [0.717, 1.165) is 35.6 Å². The molecule has 0 unspecified atom stereocenters. The van der Waals surface area contributed by atoms with Crippen molar-refractivity contribution in [2.24, 2.45) is 0 Å². The number of nitrogens with zero attached hydrogens (tertiary/aromatic N) is 3. The molecule has 1 fully saturated rings. The van der Waals surface area contributed by atoms with Gasteiger partial charge in [0.1, 0.15) is 0 Å². The van der Waals surface area contributed by atoms with Crippen LogP contribution in [0.3, 0.4) is 0 Å². The summed E-state index contributed by atoms with van der Waals surface area (Å²) in [6, 6.07) is 8.12. The summed E-state index contributed by atoms with van der Waals surface area (Å²) < 4.78 is 1.85. The van der Waals surface area contributed by atoms with Gasteiger partial charge < -0.3 is 10.6 Å². The lowest BCUT2D eigenvalue weighted by atomic mass is 9.90. The van der Waals surface area contributed by atoms with Crippen LogP contribution in [0.4, 0.5) is 5.69 Å². The van der Waals surface area contributed by atoms with Crippen molar-refractivity contribution in [1.29, 1.82) is 0 Å². The number of amides is 2. The Bertz CT molecular complexity index is 903. The van der Waals surface area contributed by atoms with Gasteiger partial charge in [-0.1, -0.05) is 31.0 Å². The number of hydrogen-bond donors (Lipinski definition) is 2.